The zero-order valence-electron chi connectivity index (χ0n) is 24.4. The molecule has 0 aromatic heterocycles. The van der Waals surface area contributed by atoms with Crippen LogP contribution in [0.4, 0.5) is 52.7 Å². The molecule has 8 nitrogen and oxygen atoms in total. The molecule has 0 atom stereocenters. The van der Waals surface area contributed by atoms with E-state index in [1.54, 1.807) is 0 Å². The van der Waals surface area contributed by atoms with Crippen LogP contribution < -0.4 is 10.4 Å². The lowest BCUT2D eigenvalue weighted by molar-refractivity contribution is -0.145. The fraction of sp³-hybridized carbons (Fsp3) is 0.125. The van der Waals surface area contributed by atoms with Gasteiger partial charge in [0.05, 0.1) is 78.9 Å². The molecule has 52 heavy (non-hydrogen) atoms. The molecule has 3 aromatic carbocycles. The van der Waals surface area contributed by atoms with Crippen molar-refractivity contribution in [3.05, 3.63) is 101 Å². The molecule has 0 spiro atoms. The van der Waals surface area contributed by atoms with Crippen molar-refractivity contribution in [1.29, 1.82) is 42.1 Å². The molecule has 0 N–H and O–H groups in total. The van der Waals surface area contributed by atoms with Crippen LogP contribution in [-0.4, -0.2) is 0 Å². The van der Waals surface area contributed by atoms with E-state index >= 15 is 0 Å². The van der Waals surface area contributed by atoms with E-state index in [-0.39, 0.29) is 12.1 Å². The van der Waals surface area contributed by atoms with Gasteiger partial charge < -0.3 is 0 Å². The largest absolute Gasteiger partial charge is 0.418 e. The van der Waals surface area contributed by atoms with E-state index in [0.717, 1.165) is 24.3 Å². The van der Waals surface area contributed by atoms with E-state index in [9.17, 15) is 94.8 Å². The fourth-order valence-corrected chi connectivity index (χ4v) is 5.06. The summed E-state index contributed by atoms with van der Waals surface area (Å²) in [5.41, 5.74) is -25.6. The summed E-state index contributed by atoms with van der Waals surface area (Å²) in [5.74, 6) is 0. The summed E-state index contributed by atoms with van der Waals surface area (Å²) >= 11 is 0. The number of hydrogen-bond acceptors (Lipinski definition) is 8. The van der Waals surface area contributed by atoms with E-state index in [4.69, 9.17) is 0 Å². The van der Waals surface area contributed by atoms with Crippen LogP contribution in [0.2, 0.25) is 0 Å². The van der Waals surface area contributed by atoms with Gasteiger partial charge in [0.2, 0.25) is 0 Å². The van der Waals surface area contributed by atoms with Gasteiger partial charge in [0.25, 0.3) is 0 Å². The zero-order valence-corrected chi connectivity index (χ0v) is 24.4. The molecule has 0 bridgehead atoms. The maximum absolute atomic E-state index is 14.4. The molecule has 0 aliphatic rings. The van der Waals surface area contributed by atoms with Crippen molar-refractivity contribution < 1.29 is 52.7 Å². The topological polar surface area (TPSA) is 190 Å². The minimum Gasteiger partial charge on any atom is -0.192 e. The third-order valence-corrected chi connectivity index (χ3v) is 6.99. The summed E-state index contributed by atoms with van der Waals surface area (Å²) in [6, 6.07) is 8.64. The maximum atomic E-state index is 14.4. The standard InChI is InChI=1S/C32H4F12N8/c33-29(34,35)23-3-13(5-45)25(27(21(23)11-51)31(39,40)41)19(9-49)15-1-2-16(18(8-48)17(15)7-47)20(10-50)26-14(6-46)4-24(30(36,37)38)22(12-52)28(26)32(42,43)44/h1-4H/b19-15-,20-16-. The van der Waals surface area contributed by atoms with Gasteiger partial charge >= 0.3 is 24.7 Å². The van der Waals surface area contributed by atoms with Gasteiger partial charge in [-0.3, -0.25) is 0 Å². The highest BCUT2D eigenvalue weighted by molar-refractivity contribution is 5.87. The van der Waals surface area contributed by atoms with Crippen LogP contribution in [0.25, 0.3) is 11.1 Å². The van der Waals surface area contributed by atoms with Gasteiger partial charge in [-0.1, -0.05) is 12.1 Å². The van der Waals surface area contributed by atoms with Crippen molar-refractivity contribution in [1.82, 2.24) is 0 Å². The number of benzene rings is 3. The summed E-state index contributed by atoms with van der Waals surface area (Å²) in [6.07, 6.45) is -23.2. The Kier molecular flexibility index (Phi) is 10.0. The summed E-state index contributed by atoms with van der Waals surface area (Å²) in [5, 5.41) is 75.4. The first-order valence-corrected chi connectivity index (χ1v) is 12.9. The van der Waals surface area contributed by atoms with Crippen molar-refractivity contribution >= 4 is 11.1 Å². The van der Waals surface area contributed by atoms with Crippen molar-refractivity contribution in [3.63, 3.8) is 0 Å². The van der Waals surface area contributed by atoms with Gasteiger partial charge in [0.1, 0.15) is 36.4 Å². The Morgan fingerprint density at radius 1 is 0.404 bits per heavy atom. The number of hydrogen-bond donors (Lipinski definition) is 0. The number of nitrogens with zero attached hydrogens (tertiary/aromatic N) is 8. The Hall–Kier alpha value is -7.52. The minimum absolute atomic E-state index is 0.201. The lowest BCUT2D eigenvalue weighted by Gasteiger charge is -2.20. The molecule has 0 aliphatic carbocycles. The van der Waals surface area contributed by atoms with E-state index < -0.39 is 113 Å². The third-order valence-electron chi connectivity index (χ3n) is 6.99. The molecule has 0 heterocycles. The van der Waals surface area contributed by atoms with Crippen LogP contribution in [-0.2, 0) is 24.7 Å². The Labute approximate surface area is 280 Å². The van der Waals surface area contributed by atoms with Crippen LogP contribution in [0.3, 0.4) is 0 Å². The molecule has 0 radical (unpaired) electrons. The van der Waals surface area contributed by atoms with Crippen LogP contribution in [0, 0.1) is 90.6 Å². The second-order valence-corrected chi connectivity index (χ2v) is 9.74. The Balaban J connectivity index is 2.86. The van der Waals surface area contributed by atoms with Crippen molar-refractivity contribution in [2.45, 2.75) is 24.7 Å². The Morgan fingerprint density at radius 3 is 0.885 bits per heavy atom. The predicted molar refractivity (Wildman–Crippen MR) is 143 cm³/mol. The molecule has 3 rings (SSSR count). The quantitative estimate of drug-likeness (QED) is 0.269. The highest BCUT2D eigenvalue weighted by Gasteiger charge is 2.46. The monoisotopic (exact) mass is 728 g/mol. The van der Waals surface area contributed by atoms with Gasteiger partial charge in [-0.2, -0.15) is 94.8 Å². The van der Waals surface area contributed by atoms with Gasteiger partial charge in [0.15, 0.2) is 0 Å². The summed E-state index contributed by atoms with van der Waals surface area (Å²) in [4.78, 5) is 0. The summed E-state index contributed by atoms with van der Waals surface area (Å²) < 4.78 is 168. The molecular formula is C32H4F12N8. The lowest BCUT2D eigenvalue weighted by Crippen LogP contribution is -2.26. The van der Waals surface area contributed by atoms with Crippen molar-refractivity contribution in [2.24, 2.45) is 0 Å². The number of rotatable bonds is 2. The number of nitriles is 8. The zero-order chi connectivity index (χ0) is 39.7. The summed E-state index contributed by atoms with van der Waals surface area (Å²) in [6.45, 7) is 0. The van der Waals surface area contributed by atoms with Crippen LogP contribution in [0.5, 0.6) is 0 Å². The third kappa shape index (κ3) is 6.57. The molecule has 0 amide bonds. The normalized spacial score (nSPS) is 12.7. The van der Waals surface area contributed by atoms with E-state index in [0.29, 0.717) is 24.3 Å². The minimum atomic E-state index is -5.93. The Bertz CT molecular complexity index is 2370. The molecular weight excluding hydrogens is 724 g/mol. The molecule has 0 unspecified atom stereocenters. The molecule has 20 heteroatoms. The van der Waals surface area contributed by atoms with Gasteiger partial charge in [-0.05, 0) is 12.1 Å². The fourth-order valence-electron chi connectivity index (χ4n) is 5.06. The van der Waals surface area contributed by atoms with E-state index in [1.165, 1.54) is 12.1 Å². The highest BCUT2D eigenvalue weighted by Crippen LogP contribution is 2.45. The molecule has 0 saturated carbocycles. The first-order valence-electron chi connectivity index (χ1n) is 12.9. The van der Waals surface area contributed by atoms with Crippen molar-refractivity contribution in [2.75, 3.05) is 0 Å². The predicted octanol–water partition coefficient (Wildman–Crippen LogP) is 6.44. The average Bonchev–Trinajstić information content (AvgIpc) is 3.05. The van der Waals surface area contributed by atoms with Gasteiger partial charge in [-0.15, -0.1) is 0 Å². The number of halogens is 12. The number of alkyl halides is 12. The molecule has 0 fully saturated rings. The SMILES string of the molecule is N#C/C(c1c(C#N)cc(C(F)(F)F)c(C#N)c1C(F)(F)F)=c1\cc/c(=C(\C#N)c2c(C#N)cc(C(F)(F)F)c(C#N)c2C(F)(F)F)c(C#N)c1C#N. The molecule has 256 valence electrons. The summed E-state index contributed by atoms with van der Waals surface area (Å²) in [7, 11) is 0. The highest BCUT2D eigenvalue weighted by atomic mass is 19.4. The first-order chi connectivity index (χ1) is 24.0. The van der Waals surface area contributed by atoms with Crippen LogP contribution in [0.1, 0.15) is 66.8 Å². The molecule has 3 aromatic rings. The second kappa shape index (κ2) is 13.4. The van der Waals surface area contributed by atoms with Gasteiger partial charge in [-0.25, -0.2) is 0 Å². The average molecular weight is 728 g/mol. The maximum Gasteiger partial charge on any atom is 0.418 e. The lowest BCUT2D eigenvalue weighted by atomic mass is 9.84. The van der Waals surface area contributed by atoms with E-state index in [1.807, 2.05) is 0 Å². The smallest absolute Gasteiger partial charge is 0.192 e. The Morgan fingerprint density at radius 2 is 0.692 bits per heavy atom. The van der Waals surface area contributed by atoms with Crippen LogP contribution in [0.15, 0.2) is 24.3 Å². The second-order valence-electron chi connectivity index (χ2n) is 9.74. The van der Waals surface area contributed by atoms with E-state index in [2.05, 4.69) is 0 Å². The molecule has 0 saturated heterocycles. The molecule has 0 aliphatic heterocycles. The van der Waals surface area contributed by atoms with Gasteiger partial charge in [0, 0.05) is 21.6 Å². The first kappa shape index (κ1) is 38.9. The van der Waals surface area contributed by atoms with Crippen LogP contribution >= 0.6 is 0 Å². The van der Waals surface area contributed by atoms with Crippen molar-refractivity contribution in [3.8, 4) is 48.6 Å².